The van der Waals surface area contributed by atoms with Gasteiger partial charge in [-0.15, -0.1) is 22.7 Å². The number of hydrogen-bond acceptors (Lipinski definition) is 6. The van der Waals surface area contributed by atoms with E-state index in [4.69, 9.17) is 19.4 Å². The molecule has 0 saturated heterocycles. The maximum absolute atomic E-state index is 6.36. The highest BCUT2D eigenvalue weighted by molar-refractivity contribution is 7.26. The molecule has 0 fully saturated rings. The van der Waals surface area contributed by atoms with Crippen molar-refractivity contribution in [2.75, 3.05) is 0 Å². The van der Waals surface area contributed by atoms with E-state index >= 15 is 0 Å². The number of rotatable bonds is 4. The van der Waals surface area contributed by atoms with Gasteiger partial charge < -0.3 is 4.42 Å². The molecule has 0 spiro atoms. The summed E-state index contributed by atoms with van der Waals surface area (Å²) in [5, 5.41) is 14.3. The summed E-state index contributed by atoms with van der Waals surface area (Å²) in [6, 6.07) is 67.4. The summed E-state index contributed by atoms with van der Waals surface area (Å²) >= 11 is 3.67. The van der Waals surface area contributed by atoms with Gasteiger partial charge in [0.1, 0.15) is 11.2 Å². The van der Waals surface area contributed by atoms with Gasteiger partial charge in [0.15, 0.2) is 17.5 Å². The van der Waals surface area contributed by atoms with Gasteiger partial charge in [-0.2, -0.15) is 0 Å². The van der Waals surface area contributed by atoms with Crippen molar-refractivity contribution in [2.24, 2.45) is 0 Å². The van der Waals surface area contributed by atoms with Crippen molar-refractivity contribution in [3.05, 3.63) is 188 Å². The monoisotopic (exact) mass is 837 g/mol. The summed E-state index contributed by atoms with van der Waals surface area (Å²) in [4.78, 5) is 15.9. The number of furan rings is 1. The van der Waals surface area contributed by atoms with Crippen LogP contribution in [-0.4, -0.2) is 15.0 Å². The van der Waals surface area contributed by atoms with Crippen LogP contribution in [0.1, 0.15) is 0 Å². The number of benzene rings is 10. The fraction of sp³-hybridized carbons (Fsp3) is 0. The van der Waals surface area contributed by atoms with E-state index in [1.807, 2.05) is 46.9 Å². The van der Waals surface area contributed by atoms with Crippen LogP contribution in [-0.2, 0) is 0 Å². The van der Waals surface area contributed by atoms with Crippen LogP contribution in [0, 0.1) is 0 Å². The molecule has 63 heavy (non-hydrogen) atoms. The average Bonchev–Trinajstić information content (AvgIpc) is 4.04. The largest absolute Gasteiger partial charge is 0.456 e. The van der Waals surface area contributed by atoms with Crippen LogP contribution in [0.2, 0.25) is 0 Å². The normalized spacial score (nSPS) is 12.1. The van der Waals surface area contributed by atoms with Gasteiger partial charge in [0.2, 0.25) is 0 Å². The standard InChI is InChI=1S/C57H31N3OS2/c1-2-12-38-36(10-1)37-11-3-4-13-39(37)44-30-34(20-24-40(38)44)55-58-56(60-57(59-55)43-16-9-18-49-54(43)42-15-5-7-17-48(42)61-49)35-23-27-53-47(31-35)46-29-33(22-26-52(46)63-53)32-21-25-51-45(28-32)41-14-6-8-19-50(41)62-51/h1-31H. The van der Waals surface area contributed by atoms with Crippen LogP contribution in [0.15, 0.2) is 192 Å². The Hall–Kier alpha value is -7.77. The lowest BCUT2D eigenvalue weighted by Crippen LogP contribution is -2.00. The van der Waals surface area contributed by atoms with Crippen molar-refractivity contribution >= 4 is 117 Å². The Bertz CT molecular complexity index is 4200. The van der Waals surface area contributed by atoms with E-state index in [2.05, 4.69) is 164 Å². The Labute approximate surface area is 368 Å². The first-order chi connectivity index (χ1) is 31.2. The van der Waals surface area contributed by atoms with Gasteiger partial charge in [-0.25, -0.2) is 15.0 Å². The molecule has 0 N–H and O–H groups in total. The van der Waals surface area contributed by atoms with Crippen LogP contribution in [0.25, 0.3) is 140 Å². The highest BCUT2D eigenvalue weighted by Gasteiger charge is 2.20. The molecular weight excluding hydrogens is 807 g/mol. The predicted octanol–water partition coefficient (Wildman–Crippen LogP) is 16.6. The molecule has 10 aromatic carbocycles. The first kappa shape index (κ1) is 34.9. The molecule has 0 amide bonds. The minimum atomic E-state index is 0.601. The van der Waals surface area contributed by atoms with Crippen molar-refractivity contribution in [3.63, 3.8) is 0 Å². The maximum atomic E-state index is 6.36. The van der Waals surface area contributed by atoms with E-state index in [-0.39, 0.29) is 0 Å². The number of aromatic nitrogens is 3. The summed E-state index contributed by atoms with van der Waals surface area (Å²) in [7, 11) is 0. The third-order valence-electron chi connectivity index (χ3n) is 12.7. The quantitative estimate of drug-likeness (QED) is 0.166. The van der Waals surface area contributed by atoms with E-state index < -0.39 is 0 Å². The van der Waals surface area contributed by atoms with Gasteiger partial charge >= 0.3 is 0 Å². The third kappa shape index (κ3) is 5.35. The zero-order chi connectivity index (χ0) is 41.2. The summed E-state index contributed by atoms with van der Waals surface area (Å²) in [5.74, 6) is 1.84. The minimum absolute atomic E-state index is 0.601. The molecule has 0 aliphatic heterocycles. The Kier molecular flexibility index (Phi) is 7.40. The number of para-hydroxylation sites is 1. The Morgan fingerprint density at radius 3 is 1.37 bits per heavy atom. The van der Waals surface area contributed by atoms with Crippen LogP contribution in [0.5, 0.6) is 0 Å². The van der Waals surface area contributed by atoms with E-state index in [1.54, 1.807) is 0 Å². The molecule has 14 aromatic rings. The Balaban J connectivity index is 0.976. The predicted molar refractivity (Wildman–Crippen MR) is 267 cm³/mol. The summed E-state index contributed by atoms with van der Waals surface area (Å²) < 4.78 is 11.5. The molecule has 0 aliphatic carbocycles. The lowest BCUT2D eigenvalue weighted by Gasteiger charge is -2.13. The Morgan fingerprint density at radius 1 is 0.286 bits per heavy atom. The second kappa shape index (κ2) is 13.4. The first-order valence-electron chi connectivity index (χ1n) is 21.1. The summed E-state index contributed by atoms with van der Waals surface area (Å²) in [6.45, 7) is 0. The fourth-order valence-corrected chi connectivity index (χ4v) is 11.9. The van der Waals surface area contributed by atoms with Crippen molar-refractivity contribution in [1.82, 2.24) is 15.0 Å². The third-order valence-corrected chi connectivity index (χ3v) is 15.0. The SMILES string of the molecule is c1ccc2c(c1)oc1cccc(-c3nc(-c4ccc5sc6ccc(-c7ccc8sc9ccccc9c8c7)cc6c5c4)nc(-c4ccc5c6ccccc6c6ccccc6c5c4)n3)c12. The van der Waals surface area contributed by atoms with Crippen LogP contribution in [0.3, 0.4) is 0 Å². The molecule has 0 aliphatic rings. The average molecular weight is 838 g/mol. The smallest absolute Gasteiger partial charge is 0.164 e. The zero-order valence-corrected chi connectivity index (χ0v) is 35.1. The molecule has 0 bridgehead atoms. The van der Waals surface area contributed by atoms with Gasteiger partial charge in [0.25, 0.3) is 0 Å². The van der Waals surface area contributed by atoms with Crippen molar-refractivity contribution < 1.29 is 4.42 Å². The number of fused-ring (bicyclic) bond motifs is 15. The van der Waals surface area contributed by atoms with Crippen LogP contribution < -0.4 is 0 Å². The van der Waals surface area contributed by atoms with Crippen molar-refractivity contribution in [1.29, 1.82) is 0 Å². The summed E-state index contributed by atoms with van der Waals surface area (Å²) in [5.41, 5.74) is 6.82. The molecule has 14 rings (SSSR count). The second-order valence-electron chi connectivity index (χ2n) is 16.3. The van der Waals surface area contributed by atoms with Crippen molar-refractivity contribution in [3.8, 4) is 45.3 Å². The minimum Gasteiger partial charge on any atom is -0.456 e. The van der Waals surface area contributed by atoms with E-state index in [9.17, 15) is 0 Å². The zero-order valence-electron chi connectivity index (χ0n) is 33.5. The molecule has 0 unspecified atom stereocenters. The van der Waals surface area contributed by atoms with Gasteiger partial charge in [-0.1, -0.05) is 121 Å². The lowest BCUT2D eigenvalue weighted by atomic mass is 9.93. The summed E-state index contributed by atoms with van der Waals surface area (Å²) in [6.07, 6.45) is 0. The van der Waals surface area contributed by atoms with Gasteiger partial charge in [0.05, 0.1) is 0 Å². The lowest BCUT2D eigenvalue weighted by molar-refractivity contribution is 0.669. The number of nitrogens with zero attached hydrogens (tertiary/aromatic N) is 3. The first-order valence-corrected chi connectivity index (χ1v) is 22.7. The molecule has 0 atom stereocenters. The molecule has 0 radical (unpaired) electrons. The van der Waals surface area contributed by atoms with E-state index in [1.165, 1.54) is 83.8 Å². The molecule has 0 saturated carbocycles. The van der Waals surface area contributed by atoms with Gasteiger partial charge in [-0.05, 0) is 110 Å². The molecule has 4 aromatic heterocycles. The highest BCUT2D eigenvalue weighted by atomic mass is 32.1. The second-order valence-corrected chi connectivity index (χ2v) is 18.4. The fourth-order valence-electron chi connectivity index (χ4n) is 9.76. The van der Waals surface area contributed by atoms with Crippen molar-refractivity contribution in [2.45, 2.75) is 0 Å². The topological polar surface area (TPSA) is 51.8 Å². The van der Waals surface area contributed by atoms with Gasteiger partial charge in [0, 0.05) is 67.8 Å². The van der Waals surface area contributed by atoms with E-state index in [0.717, 1.165) is 38.6 Å². The van der Waals surface area contributed by atoms with Gasteiger partial charge in [-0.3, -0.25) is 0 Å². The van der Waals surface area contributed by atoms with Crippen LogP contribution >= 0.6 is 22.7 Å². The highest BCUT2D eigenvalue weighted by Crippen LogP contribution is 2.43. The van der Waals surface area contributed by atoms with E-state index in [0.29, 0.717) is 17.5 Å². The van der Waals surface area contributed by atoms with Crippen LogP contribution in [0.4, 0.5) is 0 Å². The molecule has 6 heteroatoms. The molecular formula is C57H31N3OS2. The number of thiophene rings is 2. The molecule has 4 nitrogen and oxygen atoms in total. The molecule has 292 valence electrons. The molecule has 4 heterocycles. The Morgan fingerprint density at radius 2 is 0.714 bits per heavy atom. The maximum Gasteiger partial charge on any atom is 0.164 e. The number of hydrogen-bond donors (Lipinski definition) is 0.